The summed E-state index contributed by atoms with van der Waals surface area (Å²) >= 11 is 0. The Labute approximate surface area is 199 Å². The summed E-state index contributed by atoms with van der Waals surface area (Å²) in [6.07, 6.45) is -3.43. The maximum Gasteiger partial charge on any atom is 0.419 e. The van der Waals surface area contributed by atoms with Gasteiger partial charge >= 0.3 is 12.2 Å². The van der Waals surface area contributed by atoms with Crippen molar-refractivity contribution in [2.45, 2.75) is 68.5 Å². The Bertz CT molecular complexity index is 989. The second-order valence-electron chi connectivity index (χ2n) is 9.41. The molecule has 188 valence electrons. The molecule has 0 aromatic heterocycles. The van der Waals surface area contributed by atoms with E-state index in [9.17, 15) is 22.8 Å². The molecule has 0 spiro atoms. The zero-order valence-electron chi connectivity index (χ0n) is 19.7. The number of amides is 2. The van der Waals surface area contributed by atoms with E-state index in [2.05, 4.69) is 0 Å². The monoisotopic (exact) mass is 497 g/mol. The molecule has 11 heteroatoms. The number of cyclic esters (lactones) is 1. The van der Waals surface area contributed by atoms with Crippen molar-refractivity contribution in [2.75, 3.05) is 19.4 Å². The molecular weight excluding hydrogens is 466 g/mol. The van der Waals surface area contributed by atoms with Gasteiger partial charge in [0.2, 0.25) is 0 Å². The van der Waals surface area contributed by atoms with Gasteiger partial charge in [0, 0.05) is 25.9 Å². The van der Waals surface area contributed by atoms with Crippen LogP contribution in [0.3, 0.4) is 0 Å². The molecule has 1 unspecified atom stereocenters. The van der Waals surface area contributed by atoms with Gasteiger partial charge < -0.3 is 23.7 Å². The third-order valence-electron chi connectivity index (χ3n) is 5.71. The number of sulfone groups is 1. The van der Waals surface area contributed by atoms with Crippen LogP contribution in [0.2, 0.25) is 0 Å². The number of ether oxygens (including phenoxy) is 4. The maximum atomic E-state index is 13.0. The highest BCUT2D eigenvalue weighted by Gasteiger charge is 2.49. The standard InChI is InChI=1S/C23H31NO9S/c1-23(2,3)33-22(27)24-13-15(31-21(24)26)12-19-20(30-4)17(18(32-19)10-11-25)14-34(28,29)16-8-6-5-7-9-16/h5-9,11,15,17-20H,10,12-14H2,1-4H3/t15-,17-,18-,19?,20+/m0/s1. The molecule has 2 saturated heterocycles. The van der Waals surface area contributed by atoms with Crippen molar-refractivity contribution in [2.24, 2.45) is 5.92 Å². The lowest BCUT2D eigenvalue weighted by Crippen LogP contribution is -2.38. The summed E-state index contributed by atoms with van der Waals surface area (Å²) < 4.78 is 48.2. The number of methoxy groups -OCH3 is 1. The van der Waals surface area contributed by atoms with Crippen molar-refractivity contribution in [1.82, 2.24) is 4.90 Å². The van der Waals surface area contributed by atoms with E-state index in [1.807, 2.05) is 0 Å². The van der Waals surface area contributed by atoms with Gasteiger partial charge in [-0.2, -0.15) is 0 Å². The molecule has 10 nitrogen and oxygen atoms in total. The topological polar surface area (TPSA) is 126 Å². The molecule has 0 aliphatic carbocycles. The molecule has 2 heterocycles. The van der Waals surface area contributed by atoms with E-state index in [1.165, 1.54) is 19.2 Å². The Kier molecular flexibility index (Phi) is 7.99. The smallest absolute Gasteiger partial charge is 0.419 e. The molecule has 2 amide bonds. The molecule has 1 aromatic carbocycles. The maximum absolute atomic E-state index is 13.0. The summed E-state index contributed by atoms with van der Waals surface area (Å²) in [5.41, 5.74) is -0.773. The molecule has 34 heavy (non-hydrogen) atoms. The Hall–Kier alpha value is -2.50. The molecule has 0 N–H and O–H groups in total. The minimum absolute atomic E-state index is 0.000174. The van der Waals surface area contributed by atoms with Crippen LogP contribution >= 0.6 is 0 Å². The Balaban J connectivity index is 1.72. The molecule has 0 bridgehead atoms. The summed E-state index contributed by atoms with van der Waals surface area (Å²) in [4.78, 5) is 36.8. The van der Waals surface area contributed by atoms with Gasteiger partial charge in [0.1, 0.15) is 18.0 Å². The predicted molar refractivity (Wildman–Crippen MR) is 120 cm³/mol. The SMILES string of the molecule is CO[C@H]1C(C[C@H]2CN(C(=O)OC(C)(C)C)C(=O)O2)O[C@@H](CC=O)[C@@H]1CS(=O)(=O)c1ccccc1. The molecule has 3 rings (SSSR count). The van der Waals surface area contributed by atoms with Gasteiger partial charge in [0.05, 0.1) is 35.5 Å². The minimum atomic E-state index is -3.67. The molecule has 0 radical (unpaired) electrons. The lowest BCUT2D eigenvalue weighted by molar-refractivity contribution is -0.110. The van der Waals surface area contributed by atoms with Crippen molar-refractivity contribution < 1.29 is 41.7 Å². The van der Waals surface area contributed by atoms with E-state index in [0.29, 0.717) is 6.29 Å². The number of imide groups is 1. The lowest BCUT2D eigenvalue weighted by atomic mass is 9.94. The zero-order chi connectivity index (χ0) is 25.1. The molecule has 2 aliphatic rings. The second-order valence-corrected chi connectivity index (χ2v) is 11.4. The Morgan fingerprint density at radius 3 is 2.47 bits per heavy atom. The van der Waals surface area contributed by atoms with Crippen LogP contribution in [0, 0.1) is 5.92 Å². The van der Waals surface area contributed by atoms with Crippen molar-refractivity contribution in [3.63, 3.8) is 0 Å². The van der Waals surface area contributed by atoms with Gasteiger partial charge in [-0.1, -0.05) is 18.2 Å². The quantitative estimate of drug-likeness (QED) is 0.498. The number of carbonyl (C=O) groups excluding carboxylic acids is 3. The molecule has 1 aromatic rings. The third kappa shape index (κ3) is 6.13. The number of hydrogen-bond donors (Lipinski definition) is 0. The van der Waals surface area contributed by atoms with Crippen LogP contribution in [0.1, 0.15) is 33.6 Å². The van der Waals surface area contributed by atoms with E-state index in [1.54, 1.807) is 39.0 Å². The highest BCUT2D eigenvalue weighted by Crippen LogP contribution is 2.36. The Morgan fingerprint density at radius 2 is 1.88 bits per heavy atom. The van der Waals surface area contributed by atoms with E-state index in [4.69, 9.17) is 18.9 Å². The lowest BCUT2D eigenvalue weighted by Gasteiger charge is -2.24. The predicted octanol–water partition coefficient (Wildman–Crippen LogP) is 2.59. The van der Waals surface area contributed by atoms with Crippen LogP contribution in [0.5, 0.6) is 0 Å². The average molecular weight is 498 g/mol. The molecule has 2 fully saturated rings. The van der Waals surface area contributed by atoms with Crippen LogP contribution in [-0.2, 0) is 33.6 Å². The summed E-state index contributed by atoms with van der Waals surface area (Å²) in [6, 6.07) is 8.04. The fourth-order valence-electron chi connectivity index (χ4n) is 4.28. The van der Waals surface area contributed by atoms with E-state index in [-0.39, 0.29) is 30.0 Å². The van der Waals surface area contributed by atoms with Crippen molar-refractivity contribution in [1.29, 1.82) is 0 Å². The van der Waals surface area contributed by atoms with Gasteiger partial charge in [-0.15, -0.1) is 0 Å². The van der Waals surface area contributed by atoms with E-state index >= 15 is 0 Å². The third-order valence-corrected chi connectivity index (χ3v) is 7.53. The number of nitrogens with zero attached hydrogens (tertiary/aromatic N) is 1. The van der Waals surface area contributed by atoms with Gasteiger partial charge in [0.25, 0.3) is 0 Å². The van der Waals surface area contributed by atoms with Crippen molar-refractivity contribution in [3.05, 3.63) is 30.3 Å². The zero-order valence-corrected chi connectivity index (χ0v) is 20.5. The molecule has 0 saturated carbocycles. The first-order valence-electron chi connectivity index (χ1n) is 11.1. The first-order chi connectivity index (χ1) is 15.9. The van der Waals surface area contributed by atoms with E-state index in [0.717, 1.165) is 4.90 Å². The highest BCUT2D eigenvalue weighted by molar-refractivity contribution is 7.91. The van der Waals surface area contributed by atoms with Gasteiger partial charge in [-0.3, -0.25) is 0 Å². The molecule has 2 aliphatic heterocycles. The number of aldehydes is 1. The summed E-state index contributed by atoms with van der Waals surface area (Å²) in [5.74, 6) is -0.872. The van der Waals surface area contributed by atoms with Gasteiger partial charge in [-0.05, 0) is 32.9 Å². The molecular formula is C23H31NO9S. The highest BCUT2D eigenvalue weighted by atomic mass is 32.2. The fraction of sp³-hybridized carbons (Fsp3) is 0.609. The first kappa shape index (κ1) is 26.1. The van der Waals surface area contributed by atoms with Crippen LogP contribution in [-0.4, -0.2) is 81.2 Å². The summed E-state index contributed by atoms with van der Waals surface area (Å²) in [5, 5.41) is 0. The van der Waals surface area contributed by atoms with Gasteiger partial charge in [0.15, 0.2) is 9.84 Å². The van der Waals surface area contributed by atoms with Gasteiger partial charge in [-0.25, -0.2) is 22.9 Å². The van der Waals surface area contributed by atoms with Crippen LogP contribution < -0.4 is 0 Å². The summed E-state index contributed by atoms with van der Waals surface area (Å²) in [7, 11) is -2.22. The number of rotatable bonds is 8. The number of hydrogen-bond acceptors (Lipinski definition) is 9. The normalized spacial score (nSPS) is 27.5. The van der Waals surface area contributed by atoms with Crippen molar-refractivity contribution >= 4 is 28.3 Å². The fourth-order valence-corrected chi connectivity index (χ4v) is 5.96. The van der Waals surface area contributed by atoms with Crippen molar-refractivity contribution in [3.8, 4) is 0 Å². The number of carbonyl (C=O) groups is 3. The van der Waals surface area contributed by atoms with Crippen LogP contribution in [0.25, 0.3) is 0 Å². The van der Waals surface area contributed by atoms with Crippen LogP contribution in [0.4, 0.5) is 9.59 Å². The first-order valence-corrected chi connectivity index (χ1v) is 12.7. The second kappa shape index (κ2) is 10.4. The largest absolute Gasteiger partial charge is 0.444 e. The minimum Gasteiger partial charge on any atom is -0.444 e. The number of benzene rings is 1. The Morgan fingerprint density at radius 1 is 1.21 bits per heavy atom. The van der Waals surface area contributed by atoms with Crippen LogP contribution in [0.15, 0.2) is 35.2 Å². The molecule has 5 atom stereocenters. The summed E-state index contributed by atoms with van der Waals surface area (Å²) in [6.45, 7) is 5.04. The van der Waals surface area contributed by atoms with E-state index < -0.39 is 58.0 Å². The average Bonchev–Trinajstić information content (AvgIpc) is 3.27.